The number of rotatable bonds is 5. The topological polar surface area (TPSA) is 69.7 Å². The van der Waals surface area contributed by atoms with E-state index in [1.54, 1.807) is 36.4 Å². The van der Waals surface area contributed by atoms with Crippen LogP contribution in [0.25, 0.3) is 0 Å². The first-order chi connectivity index (χ1) is 13.6. The molecule has 2 aliphatic heterocycles. The predicted octanol–water partition coefficient (Wildman–Crippen LogP) is 2.59. The molecule has 29 heavy (non-hydrogen) atoms. The zero-order valence-electron chi connectivity index (χ0n) is 16.3. The SMILES string of the molecule is CNCC1CCN(C(=O)c2cccc(CN3C(=O)c4ccccc4C3=O)c2)C1.Cl. The van der Waals surface area contributed by atoms with Gasteiger partial charge >= 0.3 is 0 Å². The van der Waals surface area contributed by atoms with Gasteiger partial charge in [0.25, 0.3) is 17.7 Å². The Morgan fingerprint density at radius 1 is 1.07 bits per heavy atom. The lowest BCUT2D eigenvalue weighted by molar-refractivity contribution is 0.0642. The van der Waals surface area contributed by atoms with Crippen molar-refractivity contribution in [1.29, 1.82) is 0 Å². The van der Waals surface area contributed by atoms with Crippen LogP contribution in [0.4, 0.5) is 0 Å². The molecule has 1 fully saturated rings. The number of benzene rings is 2. The van der Waals surface area contributed by atoms with Crippen LogP contribution in [0.1, 0.15) is 43.1 Å². The number of hydrogen-bond donors (Lipinski definition) is 1. The van der Waals surface area contributed by atoms with Gasteiger partial charge in [0.15, 0.2) is 0 Å². The molecule has 1 atom stereocenters. The first-order valence-electron chi connectivity index (χ1n) is 9.56. The van der Waals surface area contributed by atoms with E-state index in [9.17, 15) is 14.4 Å². The average Bonchev–Trinajstić information content (AvgIpc) is 3.27. The van der Waals surface area contributed by atoms with Gasteiger partial charge in [0.1, 0.15) is 0 Å². The van der Waals surface area contributed by atoms with Crippen LogP contribution in [-0.2, 0) is 6.54 Å². The maximum absolute atomic E-state index is 12.9. The van der Waals surface area contributed by atoms with Crippen molar-refractivity contribution in [2.75, 3.05) is 26.7 Å². The molecule has 1 saturated heterocycles. The molecule has 0 aliphatic carbocycles. The van der Waals surface area contributed by atoms with E-state index in [1.165, 1.54) is 4.90 Å². The standard InChI is InChI=1S/C22H23N3O3.ClH/c1-23-12-16-9-10-24(13-16)20(26)17-6-4-5-15(11-17)14-25-21(27)18-7-2-3-8-19(18)22(25)28;/h2-8,11,16,23H,9-10,12-14H2,1H3;1H. The fourth-order valence-electron chi connectivity index (χ4n) is 4.02. The highest BCUT2D eigenvalue weighted by molar-refractivity contribution is 6.21. The van der Waals surface area contributed by atoms with E-state index < -0.39 is 0 Å². The highest BCUT2D eigenvalue weighted by Gasteiger charge is 2.35. The fraction of sp³-hybridized carbons (Fsp3) is 0.318. The van der Waals surface area contributed by atoms with Gasteiger partial charge in [-0.05, 0) is 55.8 Å². The van der Waals surface area contributed by atoms with Gasteiger partial charge in [0.05, 0.1) is 17.7 Å². The van der Waals surface area contributed by atoms with E-state index in [0.717, 1.165) is 31.6 Å². The van der Waals surface area contributed by atoms with Gasteiger partial charge in [-0.25, -0.2) is 0 Å². The molecule has 6 nitrogen and oxygen atoms in total. The second-order valence-corrected chi connectivity index (χ2v) is 7.41. The van der Waals surface area contributed by atoms with Crippen LogP contribution in [0, 0.1) is 5.92 Å². The smallest absolute Gasteiger partial charge is 0.261 e. The zero-order valence-corrected chi connectivity index (χ0v) is 17.1. The molecular formula is C22H24ClN3O3. The molecule has 0 radical (unpaired) electrons. The number of carbonyl (C=O) groups excluding carboxylic acids is 3. The van der Waals surface area contributed by atoms with E-state index in [-0.39, 0.29) is 36.7 Å². The molecule has 2 heterocycles. The van der Waals surface area contributed by atoms with Crippen molar-refractivity contribution in [1.82, 2.24) is 15.1 Å². The molecule has 0 bridgehead atoms. The highest BCUT2D eigenvalue weighted by atomic mass is 35.5. The van der Waals surface area contributed by atoms with Gasteiger partial charge < -0.3 is 10.2 Å². The van der Waals surface area contributed by atoms with E-state index in [2.05, 4.69) is 5.32 Å². The van der Waals surface area contributed by atoms with Crippen molar-refractivity contribution in [3.8, 4) is 0 Å². The van der Waals surface area contributed by atoms with Crippen LogP contribution in [0.2, 0.25) is 0 Å². The van der Waals surface area contributed by atoms with Gasteiger partial charge in [-0.3, -0.25) is 19.3 Å². The van der Waals surface area contributed by atoms with Crippen molar-refractivity contribution in [2.45, 2.75) is 13.0 Å². The lowest BCUT2D eigenvalue weighted by Crippen LogP contribution is -2.31. The average molecular weight is 414 g/mol. The summed E-state index contributed by atoms with van der Waals surface area (Å²) in [5.74, 6) is -0.0862. The Morgan fingerprint density at radius 2 is 1.76 bits per heavy atom. The van der Waals surface area contributed by atoms with E-state index in [0.29, 0.717) is 22.6 Å². The first kappa shape index (κ1) is 21.0. The third kappa shape index (κ3) is 4.04. The molecule has 0 spiro atoms. The summed E-state index contributed by atoms with van der Waals surface area (Å²) in [6, 6.07) is 14.1. The summed E-state index contributed by atoms with van der Waals surface area (Å²) in [5, 5.41) is 3.17. The summed E-state index contributed by atoms with van der Waals surface area (Å²) in [6.45, 7) is 2.58. The first-order valence-corrected chi connectivity index (χ1v) is 9.56. The highest BCUT2D eigenvalue weighted by Crippen LogP contribution is 2.25. The number of fused-ring (bicyclic) bond motifs is 1. The second kappa shape index (κ2) is 8.76. The molecule has 7 heteroatoms. The Labute approximate surface area is 176 Å². The maximum atomic E-state index is 12.9. The lowest BCUT2D eigenvalue weighted by atomic mass is 10.1. The quantitative estimate of drug-likeness (QED) is 0.765. The van der Waals surface area contributed by atoms with Crippen LogP contribution < -0.4 is 5.32 Å². The number of hydrogen-bond acceptors (Lipinski definition) is 4. The number of likely N-dealkylation sites (tertiary alicyclic amines) is 1. The largest absolute Gasteiger partial charge is 0.338 e. The molecule has 2 aromatic rings. The number of nitrogens with one attached hydrogen (secondary N) is 1. The van der Waals surface area contributed by atoms with Gasteiger partial charge in [-0.2, -0.15) is 0 Å². The monoisotopic (exact) mass is 413 g/mol. The number of amides is 3. The molecule has 2 aromatic carbocycles. The van der Waals surface area contributed by atoms with Crippen LogP contribution >= 0.6 is 12.4 Å². The van der Waals surface area contributed by atoms with Crippen molar-refractivity contribution < 1.29 is 14.4 Å². The molecule has 1 unspecified atom stereocenters. The summed E-state index contributed by atoms with van der Waals surface area (Å²) in [7, 11) is 1.92. The van der Waals surface area contributed by atoms with Gasteiger partial charge in [-0.15, -0.1) is 12.4 Å². The molecule has 2 aliphatic rings. The van der Waals surface area contributed by atoms with Crippen LogP contribution in [0.5, 0.6) is 0 Å². The van der Waals surface area contributed by atoms with E-state index >= 15 is 0 Å². The van der Waals surface area contributed by atoms with E-state index in [4.69, 9.17) is 0 Å². The minimum atomic E-state index is -0.285. The molecule has 4 rings (SSSR count). The van der Waals surface area contributed by atoms with Crippen LogP contribution in [0.15, 0.2) is 48.5 Å². The minimum Gasteiger partial charge on any atom is -0.338 e. The molecule has 152 valence electrons. The van der Waals surface area contributed by atoms with Gasteiger partial charge in [0.2, 0.25) is 0 Å². The molecule has 1 N–H and O–H groups in total. The van der Waals surface area contributed by atoms with Crippen LogP contribution in [-0.4, -0.2) is 54.2 Å². The Hall–Kier alpha value is -2.70. The summed E-state index contributed by atoms with van der Waals surface area (Å²) in [6.07, 6.45) is 1.00. The Bertz CT molecular complexity index is 911. The molecule has 3 amide bonds. The zero-order chi connectivity index (χ0) is 19.7. The number of nitrogens with zero attached hydrogens (tertiary/aromatic N) is 2. The Morgan fingerprint density at radius 3 is 2.41 bits per heavy atom. The number of imide groups is 1. The normalized spacial score (nSPS) is 18.0. The summed E-state index contributed by atoms with van der Waals surface area (Å²) in [5.41, 5.74) is 2.24. The molecule has 0 saturated carbocycles. The minimum absolute atomic E-state index is 0. The Kier molecular flexibility index (Phi) is 6.35. The van der Waals surface area contributed by atoms with Crippen molar-refractivity contribution in [3.05, 3.63) is 70.8 Å². The summed E-state index contributed by atoms with van der Waals surface area (Å²) < 4.78 is 0. The third-order valence-electron chi connectivity index (χ3n) is 5.46. The van der Waals surface area contributed by atoms with Crippen LogP contribution in [0.3, 0.4) is 0 Å². The molecular weight excluding hydrogens is 390 g/mol. The fourth-order valence-corrected chi connectivity index (χ4v) is 4.02. The Balaban J connectivity index is 0.00000240. The van der Waals surface area contributed by atoms with Gasteiger partial charge in [0, 0.05) is 18.7 Å². The predicted molar refractivity (Wildman–Crippen MR) is 112 cm³/mol. The van der Waals surface area contributed by atoms with Crippen molar-refractivity contribution in [3.63, 3.8) is 0 Å². The lowest BCUT2D eigenvalue weighted by Gasteiger charge is -2.18. The third-order valence-corrected chi connectivity index (χ3v) is 5.46. The van der Waals surface area contributed by atoms with Crippen molar-refractivity contribution in [2.24, 2.45) is 5.92 Å². The van der Waals surface area contributed by atoms with Crippen molar-refractivity contribution >= 4 is 30.1 Å². The number of halogens is 1. The van der Waals surface area contributed by atoms with E-state index in [1.807, 2.05) is 24.1 Å². The number of carbonyl (C=O) groups is 3. The summed E-state index contributed by atoms with van der Waals surface area (Å²) >= 11 is 0. The van der Waals surface area contributed by atoms with Gasteiger partial charge in [-0.1, -0.05) is 24.3 Å². The second-order valence-electron chi connectivity index (χ2n) is 7.41. The molecule has 0 aromatic heterocycles. The maximum Gasteiger partial charge on any atom is 0.261 e. The summed E-state index contributed by atoms with van der Waals surface area (Å²) in [4.78, 5) is 41.1.